The summed E-state index contributed by atoms with van der Waals surface area (Å²) in [6.45, 7) is 0. The lowest BCUT2D eigenvalue weighted by Crippen LogP contribution is -2.31. The molecule has 12 heteroatoms. The van der Waals surface area contributed by atoms with E-state index in [9.17, 15) is 55.2 Å². The van der Waals surface area contributed by atoms with Gasteiger partial charge in [0.1, 0.15) is 0 Å². The maximum Gasteiger partial charge on any atom is 0.371 e. The maximum atomic E-state index is 12.3. The van der Waals surface area contributed by atoms with Crippen molar-refractivity contribution in [1.82, 2.24) is 0 Å². The third kappa shape index (κ3) is 5.11. The summed E-state index contributed by atoms with van der Waals surface area (Å²) in [6, 6.07) is 9.14. The van der Waals surface area contributed by atoms with Crippen molar-refractivity contribution in [2.24, 2.45) is 5.92 Å². The predicted molar refractivity (Wildman–Crippen MR) is 132 cm³/mol. The molecule has 0 fully saturated rings. The van der Waals surface area contributed by atoms with Crippen molar-refractivity contribution in [2.45, 2.75) is 5.92 Å². The van der Waals surface area contributed by atoms with Gasteiger partial charge in [0.25, 0.3) is 0 Å². The van der Waals surface area contributed by atoms with Crippen LogP contribution in [0.25, 0.3) is 12.2 Å². The third-order valence-corrected chi connectivity index (χ3v) is 6.08. The van der Waals surface area contributed by atoms with Gasteiger partial charge in [-0.2, -0.15) is 0 Å². The van der Waals surface area contributed by atoms with Crippen LogP contribution < -0.4 is 4.74 Å². The first-order valence-electron chi connectivity index (χ1n) is 11.1. The molecule has 0 bridgehead atoms. The Morgan fingerprint density at radius 2 is 1.38 bits per heavy atom. The van der Waals surface area contributed by atoms with Crippen LogP contribution in [0.1, 0.15) is 28.2 Å². The minimum Gasteiger partial charge on any atom is -0.504 e. The van der Waals surface area contributed by atoms with E-state index in [4.69, 9.17) is 4.74 Å². The van der Waals surface area contributed by atoms with Crippen molar-refractivity contribution in [3.8, 4) is 34.5 Å². The summed E-state index contributed by atoms with van der Waals surface area (Å²) in [7, 11) is 0. The lowest BCUT2D eigenvalue weighted by molar-refractivity contribution is -0.144. The maximum absolute atomic E-state index is 12.3. The van der Waals surface area contributed by atoms with E-state index in [1.54, 1.807) is 0 Å². The largest absolute Gasteiger partial charge is 0.504 e. The van der Waals surface area contributed by atoms with Gasteiger partial charge in [0.05, 0.1) is 11.5 Å². The molecule has 39 heavy (non-hydrogen) atoms. The van der Waals surface area contributed by atoms with E-state index in [-0.39, 0.29) is 22.3 Å². The molecule has 3 aromatic rings. The molecule has 4 rings (SSSR count). The molecule has 200 valence electrons. The molecule has 0 unspecified atom stereocenters. The Morgan fingerprint density at radius 3 is 2.00 bits per heavy atom. The molecule has 0 spiro atoms. The van der Waals surface area contributed by atoms with Crippen molar-refractivity contribution in [3.05, 3.63) is 82.1 Å². The highest BCUT2D eigenvalue weighted by Crippen LogP contribution is 2.47. The molecule has 3 aromatic carbocycles. The minimum absolute atomic E-state index is 0.0837. The van der Waals surface area contributed by atoms with Gasteiger partial charge in [-0.25, -0.2) is 9.59 Å². The summed E-state index contributed by atoms with van der Waals surface area (Å²) >= 11 is 0. The second-order valence-electron chi connectivity index (χ2n) is 8.56. The van der Waals surface area contributed by atoms with Crippen molar-refractivity contribution < 1.29 is 60.0 Å². The molecule has 1 aliphatic carbocycles. The van der Waals surface area contributed by atoms with Crippen molar-refractivity contribution >= 4 is 30.1 Å². The van der Waals surface area contributed by atoms with Gasteiger partial charge in [-0.15, -0.1) is 0 Å². The number of carboxylic acid groups (broad SMARTS) is 3. The number of rotatable bonds is 7. The number of fused-ring (bicyclic) bond motifs is 1. The fourth-order valence-electron chi connectivity index (χ4n) is 4.30. The first-order chi connectivity index (χ1) is 18.4. The number of phenols is 5. The molecule has 0 saturated heterocycles. The lowest BCUT2D eigenvalue weighted by atomic mass is 9.71. The van der Waals surface area contributed by atoms with Crippen molar-refractivity contribution in [3.63, 3.8) is 0 Å². The van der Waals surface area contributed by atoms with Crippen LogP contribution in [-0.2, 0) is 14.4 Å². The number of aromatic hydroxyl groups is 5. The Hall–Kier alpha value is -5.65. The fraction of sp³-hybridized carbons (Fsp3) is 0.0741. The highest BCUT2D eigenvalue weighted by molar-refractivity contribution is 6.01. The van der Waals surface area contributed by atoms with Crippen LogP contribution in [0.5, 0.6) is 34.5 Å². The van der Waals surface area contributed by atoms with Gasteiger partial charge in [0.15, 0.2) is 34.5 Å². The SMILES string of the molecule is O=C(O)C1=Cc2cc(O)c(O)cc2[C@@H](c2ccc(O)c(O/C(=C/c3ccc(O)c(O)c3)C(=O)O)c2)[C@@H]1C(=O)O. The average Bonchev–Trinajstić information content (AvgIpc) is 2.86. The van der Waals surface area contributed by atoms with Crippen LogP contribution in [0, 0.1) is 5.92 Å². The van der Waals surface area contributed by atoms with Gasteiger partial charge in [-0.05, 0) is 70.8 Å². The number of phenolic OH excluding ortho intramolecular Hbond substituents is 5. The van der Waals surface area contributed by atoms with Gasteiger partial charge in [-0.1, -0.05) is 12.1 Å². The van der Waals surface area contributed by atoms with Crippen LogP contribution in [0.15, 0.2) is 59.9 Å². The number of benzene rings is 3. The summed E-state index contributed by atoms with van der Waals surface area (Å²) in [5.74, 6) is -11.4. The zero-order chi connectivity index (χ0) is 28.6. The number of hydrogen-bond acceptors (Lipinski definition) is 9. The Kier molecular flexibility index (Phi) is 6.78. The second-order valence-corrected chi connectivity index (χ2v) is 8.56. The first-order valence-corrected chi connectivity index (χ1v) is 11.1. The van der Waals surface area contributed by atoms with Gasteiger partial charge in [-0.3, -0.25) is 4.79 Å². The molecular weight excluding hydrogens is 516 g/mol. The van der Waals surface area contributed by atoms with Crippen LogP contribution in [0.3, 0.4) is 0 Å². The predicted octanol–water partition coefficient (Wildman–Crippen LogP) is 3.03. The number of aliphatic carboxylic acids is 3. The molecule has 8 N–H and O–H groups in total. The summed E-state index contributed by atoms with van der Waals surface area (Å²) in [5, 5.41) is 78.9. The molecule has 0 aromatic heterocycles. The molecule has 0 heterocycles. The number of hydrogen-bond donors (Lipinski definition) is 8. The highest BCUT2D eigenvalue weighted by atomic mass is 16.5. The lowest BCUT2D eigenvalue weighted by Gasteiger charge is -2.31. The van der Waals surface area contributed by atoms with Crippen LogP contribution in [-0.4, -0.2) is 58.8 Å². The van der Waals surface area contributed by atoms with E-state index in [2.05, 4.69) is 0 Å². The van der Waals surface area contributed by atoms with E-state index >= 15 is 0 Å². The zero-order valence-electron chi connectivity index (χ0n) is 19.6. The quantitative estimate of drug-likeness (QED) is 0.124. The monoisotopic (exact) mass is 536 g/mol. The smallest absolute Gasteiger partial charge is 0.371 e. The summed E-state index contributed by atoms with van der Waals surface area (Å²) < 4.78 is 5.41. The van der Waals surface area contributed by atoms with Gasteiger partial charge in [0.2, 0.25) is 5.76 Å². The Balaban J connectivity index is 1.85. The van der Waals surface area contributed by atoms with E-state index in [0.717, 1.165) is 48.6 Å². The summed E-state index contributed by atoms with van der Waals surface area (Å²) in [6.07, 6.45) is 2.07. The number of ether oxygens (including phenoxy) is 1. The molecule has 0 radical (unpaired) electrons. The summed E-state index contributed by atoms with van der Waals surface area (Å²) in [5.41, 5.74) is -0.0387. The van der Waals surface area contributed by atoms with Gasteiger partial charge in [0, 0.05) is 5.92 Å². The van der Waals surface area contributed by atoms with E-state index < -0.39 is 75.6 Å². The highest BCUT2D eigenvalue weighted by Gasteiger charge is 2.41. The van der Waals surface area contributed by atoms with E-state index in [0.29, 0.717) is 0 Å². The van der Waals surface area contributed by atoms with Crippen LogP contribution in [0.4, 0.5) is 0 Å². The molecule has 1 aliphatic rings. The molecule has 0 saturated carbocycles. The Labute approximate surface area is 218 Å². The van der Waals surface area contributed by atoms with Gasteiger partial charge < -0.3 is 45.6 Å². The fourth-order valence-corrected chi connectivity index (χ4v) is 4.30. The molecule has 0 aliphatic heterocycles. The zero-order valence-corrected chi connectivity index (χ0v) is 19.6. The van der Waals surface area contributed by atoms with Crippen molar-refractivity contribution in [1.29, 1.82) is 0 Å². The second kappa shape index (κ2) is 10.0. The molecule has 0 amide bonds. The van der Waals surface area contributed by atoms with Crippen LogP contribution in [0.2, 0.25) is 0 Å². The third-order valence-electron chi connectivity index (χ3n) is 6.08. The average molecular weight is 536 g/mol. The Bertz CT molecular complexity index is 1580. The molecule has 2 atom stereocenters. The topological polar surface area (TPSA) is 222 Å². The van der Waals surface area contributed by atoms with Gasteiger partial charge >= 0.3 is 17.9 Å². The summed E-state index contributed by atoms with van der Waals surface area (Å²) in [4.78, 5) is 36.1. The Morgan fingerprint density at radius 1 is 0.744 bits per heavy atom. The van der Waals surface area contributed by atoms with E-state index in [1.165, 1.54) is 12.1 Å². The number of carboxylic acids is 3. The number of carbonyl (C=O) groups is 3. The van der Waals surface area contributed by atoms with Crippen LogP contribution >= 0.6 is 0 Å². The molecular formula is C27H20O12. The standard InChI is InChI=1S/C27H20O12/c28-16-3-1-11(5-18(16)30)6-22(26(35)36)39-21-9-12(2-4-17(21)29)23-14-10-20(32)19(31)8-13(14)7-15(25(33)34)24(23)27(37)38/h1-10,23-24,28-32H,(H,33,34)(H,35,36)(H,37,38)/b22-6+/t23-,24-/m1/s1. The first kappa shape index (κ1) is 26.4. The normalized spacial score (nSPS) is 16.6. The minimum atomic E-state index is -1.68. The van der Waals surface area contributed by atoms with E-state index in [1.807, 2.05) is 0 Å². The van der Waals surface area contributed by atoms with Crippen molar-refractivity contribution in [2.75, 3.05) is 0 Å². The molecule has 12 nitrogen and oxygen atoms in total.